The third-order valence-electron chi connectivity index (χ3n) is 2.68. The summed E-state index contributed by atoms with van der Waals surface area (Å²) in [7, 11) is 0. The summed E-state index contributed by atoms with van der Waals surface area (Å²) in [6.45, 7) is 1.98. The second kappa shape index (κ2) is 5.03. The van der Waals surface area contributed by atoms with Crippen molar-refractivity contribution in [3.05, 3.63) is 45.4 Å². The number of hydrogen-bond acceptors (Lipinski definition) is 2. The van der Waals surface area contributed by atoms with Crippen LogP contribution in [0.15, 0.2) is 30.5 Å². The van der Waals surface area contributed by atoms with Crippen molar-refractivity contribution >= 4 is 28.4 Å². The van der Waals surface area contributed by atoms with Crippen molar-refractivity contribution in [3.8, 4) is 0 Å². The van der Waals surface area contributed by atoms with Gasteiger partial charge in [0.1, 0.15) is 11.6 Å². The lowest BCUT2D eigenvalue weighted by Gasteiger charge is -2.14. The SMILES string of the molecule is CC(Cc1ccccc1F)n1ncc(I)c1N. The van der Waals surface area contributed by atoms with Crippen molar-refractivity contribution in [2.45, 2.75) is 19.4 Å². The van der Waals surface area contributed by atoms with Crippen LogP contribution in [0.1, 0.15) is 18.5 Å². The average molecular weight is 345 g/mol. The van der Waals surface area contributed by atoms with Crippen molar-refractivity contribution in [2.75, 3.05) is 5.73 Å². The van der Waals surface area contributed by atoms with E-state index in [-0.39, 0.29) is 11.9 Å². The molecule has 0 saturated heterocycles. The van der Waals surface area contributed by atoms with Gasteiger partial charge in [-0.15, -0.1) is 0 Å². The molecule has 1 aromatic carbocycles. The summed E-state index contributed by atoms with van der Waals surface area (Å²) < 4.78 is 16.2. The molecule has 1 unspecified atom stereocenters. The number of halogens is 2. The van der Waals surface area contributed by atoms with Crippen LogP contribution >= 0.6 is 22.6 Å². The summed E-state index contributed by atoms with van der Waals surface area (Å²) in [5.74, 6) is 0.453. The molecule has 90 valence electrons. The second-order valence-electron chi connectivity index (χ2n) is 3.97. The maximum atomic E-state index is 13.5. The molecule has 17 heavy (non-hydrogen) atoms. The molecule has 0 spiro atoms. The van der Waals surface area contributed by atoms with Gasteiger partial charge < -0.3 is 5.73 Å². The van der Waals surface area contributed by atoms with Crippen LogP contribution < -0.4 is 5.73 Å². The highest BCUT2D eigenvalue weighted by Gasteiger charge is 2.13. The van der Waals surface area contributed by atoms with Crippen LogP contribution in [0.4, 0.5) is 10.2 Å². The minimum absolute atomic E-state index is 0.0374. The first kappa shape index (κ1) is 12.3. The second-order valence-corrected chi connectivity index (χ2v) is 5.13. The number of nitrogens with two attached hydrogens (primary N) is 1. The molecule has 0 bridgehead atoms. The van der Waals surface area contributed by atoms with E-state index in [1.54, 1.807) is 23.0 Å². The number of nitrogens with zero attached hydrogens (tertiary/aromatic N) is 2. The molecule has 1 aromatic heterocycles. The summed E-state index contributed by atoms with van der Waals surface area (Å²) in [5, 5.41) is 4.20. The first-order valence-electron chi connectivity index (χ1n) is 5.31. The lowest BCUT2D eigenvalue weighted by Crippen LogP contribution is -2.13. The highest BCUT2D eigenvalue weighted by atomic mass is 127. The molecule has 0 amide bonds. The fourth-order valence-electron chi connectivity index (χ4n) is 1.77. The van der Waals surface area contributed by atoms with E-state index < -0.39 is 0 Å². The molecule has 5 heteroatoms. The highest BCUT2D eigenvalue weighted by Crippen LogP contribution is 2.21. The predicted molar refractivity (Wildman–Crippen MR) is 74.2 cm³/mol. The summed E-state index contributed by atoms with van der Waals surface area (Å²) >= 11 is 2.13. The van der Waals surface area contributed by atoms with E-state index in [9.17, 15) is 4.39 Å². The zero-order valence-corrected chi connectivity index (χ0v) is 11.6. The number of aromatic nitrogens is 2. The van der Waals surface area contributed by atoms with Crippen LogP contribution in [-0.2, 0) is 6.42 Å². The number of nitrogen functional groups attached to an aromatic ring is 1. The molecule has 2 rings (SSSR count). The maximum absolute atomic E-state index is 13.5. The number of hydrogen-bond donors (Lipinski definition) is 1. The molecule has 0 aliphatic carbocycles. The van der Waals surface area contributed by atoms with Crippen LogP contribution in [0.3, 0.4) is 0 Å². The smallest absolute Gasteiger partial charge is 0.135 e. The van der Waals surface area contributed by atoms with Crippen molar-refractivity contribution in [1.82, 2.24) is 9.78 Å². The average Bonchev–Trinajstić information content (AvgIpc) is 2.63. The van der Waals surface area contributed by atoms with E-state index >= 15 is 0 Å². The Hall–Kier alpha value is -1.11. The zero-order chi connectivity index (χ0) is 12.4. The zero-order valence-electron chi connectivity index (χ0n) is 9.40. The molecular weight excluding hydrogens is 332 g/mol. The molecular formula is C12H13FIN3. The summed E-state index contributed by atoms with van der Waals surface area (Å²) in [4.78, 5) is 0. The standard InChI is InChI=1S/C12H13FIN3/c1-8(17-12(15)11(14)7-16-17)6-9-4-2-3-5-10(9)13/h2-5,7-8H,6,15H2,1H3. The van der Waals surface area contributed by atoms with E-state index in [0.717, 1.165) is 3.57 Å². The topological polar surface area (TPSA) is 43.8 Å². The fourth-order valence-corrected chi connectivity index (χ4v) is 2.14. The Morgan fingerprint density at radius 1 is 1.47 bits per heavy atom. The molecule has 2 N–H and O–H groups in total. The van der Waals surface area contributed by atoms with Crippen LogP contribution in [0, 0.1) is 9.39 Å². The van der Waals surface area contributed by atoms with Gasteiger partial charge in [-0.1, -0.05) is 18.2 Å². The molecule has 0 aliphatic heterocycles. The van der Waals surface area contributed by atoms with Gasteiger partial charge >= 0.3 is 0 Å². The third kappa shape index (κ3) is 2.59. The van der Waals surface area contributed by atoms with Gasteiger partial charge in [-0.2, -0.15) is 5.10 Å². The van der Waals surface area contributed by atoms with E-state index in [1.165, 1.54) is 6.07 Å². The number of anilines is 1. The highest BCUT2D eigenvalue weighted by molar-refractivity contribution is 14.1. The van der Waals surface area contributed by atoms with Crippen LogP contribution in [0.5, 0.6) is 0 Å². The lowest BCUT2D eigenvalue weighted by molar-refractivity contribution is 0.483. The van der Waals surface area contributed by atoms with E-state index in [2.05, 4.69) is 27.7 Å². The molecule has 0 aliphatic rings. The first-order valence-corrected chi connectivity index (χ1v) is 6.39. The van der Waals surface area contributed by atoms with Crippen LogP contribution in [-0.4, -0.2) is 9.78 Å². The monoisotopic (exact) mass is 345 g/mol. The van der Waals surface area contributed by atoms with Gasteiger partial charge in [0.2, 0.25) is 0 Å². The minimum atomic E-state index is -0.181. The Kier molecular flexibility index (Phi) is 3.66. The Balaban J connectivity index is 2.20. The van der Waals surface area contributed by atoms with Gasteiger partial charge in [0, 0.05) is 0 Å². The van der Waals surface area contributed by atoms with Gasteiger partial charge in [-0.3, -0.25) is 0 Å². The molecule has 2 aromatic rings. The number of benzene rings is 1. The Labute approximate surface area is 113 Å². The van der Waals surface area contributed by atoms with Gasteiger partial charge in [0.25, 0.3) is 0 Å². The van der Waals surface area contributed by atoms with Gasteiger partial charge in [0.15, 0.2) is 0 Å². The summed E-state index contributed by atoms with van der Waals surface area (Å²) in [5.41, 5.74) is 6.58. The van der Waals surface area contributed by atoms with E-state index in [1.807, 2.05) is 13.0 Å². The van der Waals surface area contributed by atoms with Crippen molar-refractivity contribution < 1.29 is 4.39 Å². The minimum Gasteiger partial charge on any atom is -0.383 e. The first-order chi connectivity index (χ1) is 8.09. The van der Waals surface area contributed by atoms with Crippen molar-refractivity contribution in [2.24, 2.45) is 0 Å². The largest absolute Gasteiger partial charge is 0.383 e. The van der Waals surface area contributed by atoms with E-state index in [0.29, 0.717) is 17.8 Å². The molecule has 0 radical (unpaired) electrons. The Morgan fingerprint density at radius 2 is 2.18 bits per heavy atom. The molecule has 0 saturated carbocycles. The maximum Gasteiger partial charge on any atom is 0.135 e. The molecule has 1 heterocycles. The van der Waals surface area contributed by atoms with Crippen LogP contribution in [0.25, 0.3) is 0 Å². The molecule has 0 fully saturated rings. The normalized spacial score (nSPS) is 12.6. The fraction of sp³-hybridized carbons (Fsp3) is 0.250. The Morgan fingerprint density at radius 3 is 2.76 bits per heavy atom. The van der Waals surface area contributed by atoms with Crippen molar-refractivity contribution in [3.63, 3.8) is 0 Å². The summed E-state index contributed by atoms with van der Waals surface area (Å²) in [6.07, 6.45) is 2.29. The number of rotatable bonds is 3. The van der Waals surface area contributed by atoms with Crippen LogP contribution in [0.2, 0.25) is 0 Å². The van der Waals surface area contributed by atoms with Gasteiger partial charge in [-0.05, 0) is 47.6 Å². The Bertz CT molecular complexity index is 524. The lowest BCUT2D eigenvalue weighted by atomic mass is 10.1. The summed E-state index contributed by atoms with van der Waals surface area (Å²) in [6, 6.07) is 6.82. The quantitative estimate of drug-likeness (QED) is 0.870. The van der Waals surface area contributed by atoms with Gasteiger partial charge in [0.05, 0.1) is 15.8 Å². The predicted octanol–water partition coefficient (Wildman–Crippen LogP) is 3.01. The van der Waals surface area contributed by atoms with Gasteiger partial charge in [-0.25, -0.2) is 9.07 Å². The van der Waals surface area contributed by atoms with E-state index in [4.69, 9.17) is 5.73 Å². The molecule has 3 nitrogen and oxygen atoms in total. The van der Waals surface area contributed by atoms with Crippen molar-refractivity contribution in [1.29, 1.82) is 0 Å². The molecule has 1 atom stereocenters. The third-order valence-corrected chi connectivity index (χ3v) is 3.51.